The number of rotatable bonds is 3. The molecular formula is C5F12O6S3. The molecule has 0 aliphatic rings. The average molecular weight is 480 g/mol. The lowest BCUT2D eigenvalue weighted by molar-refractivity contribution is -0.137. The van der Waals surface area contributed by atoms with Gasteiger partial charge in [-0.05, 0) is 0 Å². The van der Waals surface area contributed by atoms with E-state index < -0.39 is 55.6 Å². The number of alkyl halides is 12. The monoisotopic (exact) mass is 480 g/mol. The lowest BCUT2D eigenvalue weighted by Gasteiger charge is -2.34. The predicted molar refractivity (Wildman–Crippen MR) is 53.7 cm³/mol. The highest BCUT2D eigenvalue weighted by Gasteiger charge is 2.93. The average Bonchev–Trinajstić information content (AvgIpc) is 2.20. The van der Waals surface area contributed by atoms with Crippen LogP contribution < -0.4 is 0 Å². The first-order valence-corrected chi connectivity index (χ1v) is 9.19. The molecule has 0 aliphatic carbocycles. The van der Waals surface area contributed by atoms with Crippen molar-refractivity contribution < 1.29 is 77.9 Å². The molecule has 0 aromatic rings. The van der Waals surface area contributed by atoms with E-state index in [2.05, 4.69) is 0 Å². The lowest BCUT2D eigenvalue weighted by atomic mass is 10.7. The van der Waals surface area contributed by atoms with Gasteiger partial charge in [-0.1, -0.05) is 0 Å². The Kier molecular flexibility index (Phi) is 5.53. The van der Waals surface area contributed by atoms with Crippen LogP contribution in [-0.4, -0.2) is 51.4 Å². The standard InChI is InChI=1S/C5F12O6S3/c6-1(7,8)2(24(18,19)3(9,10)11,25(20,21)4(12,13)14)26(22,23)5(15,16)17. The first-order chi connectivity index (χ1) is 10.8. The molecule has 0 heterocycles. The van der Waals surface area contributed by atoms with Gasteiger partial charge in [-0.2, -0.15) is 52.7 Å². The molecule has 6 nitrogen and oxygen atoms in total. The predicted octanol–water partition coefficient (Wildman–Crippen LogP) is 2.01. The van der Waals surface area contributed by atoms with Gasteiger partial charge in [-0.3, -0.25) is 0 Å². The van der Waals surface area contributed by atoms with Crippen molar-refractivity contribution in [1.82, 2.24) is 0 Å². The quantitative estimate of drug-likeness (QED) is 0.573. The van der Waals surface area contributed by atoms with Crippen molar-refractivity contribution in [3.05, 3.63) is 0 Å². The van der Waals surface area contributed by atoms with E-state index >= 15 is 0 Å². The fourth-order valence-electron chi connectivity index (χ4n) is 1.35. The highest BCUT2D eigenvalue weighted by molar-refractivity contribution is 8.26. The van der Waals surface area contributed by atoms with Gasteiger partial charge >= 0.3 is 26.1 Å². The fourth-order valence-corrected chi connectivity index (χ4v) is 8.34. The second-order valence-corrected chi connectivity index (χ2v) is 10.9. The van der Waals surface area contributed by atoms with Gasteiger partial charge in [0, 0.05) is 0 Å². The molecule has 26 heavy (non-hydrogen) atoms. The second-order valence-electron chi connectivity index (χ2n) is 3.90. The Bertz CT molecular complexity index is 756. The first-order valence-electron chi connectivity index (χ1n) is 4.74. The Balaban J connectivity index is 8.24. The zero-order chi connectivity index (χ0) is 22.0. The van der Waals surface area contributed by atoms with Crippen LogP contribution in [0.5, 0.6) is 0 Å². The maximum Gasteiger partial charge on any atom is 0.500 e. The Labute approximate surface area is 134 Å². The van der Waals surface area contributed by atoms with E-state index in [1.165, 1.54) is 0 Å². The first kappa shape index (κ1) is 25.0. The normalized spacial score (nSPS) is 16.6. The summed E-state index contributed by atoms with van der Waals surface area (Å²) in [5, 5.41) is 0. The molecule has 0 unspecified atom stereocenters. The van der Waals surface area contributed by atoms with Crippen molar-refractivity contribution in [3.63, 3.8) is 0 Å². The van der Waals surface area contributed by atoms with Gasteiger partial charge in [0.05, 0.1) is 0 Å². The molecule has 0 saturated heterocycles. The SMILES string of the molecule is O=S(=O)(C(F)(F)F)C(C(F)(F)F)(S(=O)(=O)C(F)(F)F)S(=O)(=O)C(F)(F)F. The van der Waals surface area contributed by atoms with Crippen molar-refractivity contribution >= 4 is 29.5 Å². The van der Waals surface area contributed by atoms with Crippen molar-refractivity contribution in [2.75, 3.05) is 0 Å². The summed E-state index contributed by atoms with van der Waals surface area (Å²) in [7, 11) is -27.8. The van der Waals surface area contributed by atoms with Gasteiger partial charge in [0.1, 0.15) is 0 Å². The van der Waals surface area contributed by atoms with Crippen LogP contribution in [0.15, 0.2) is 0 Å². The van der Waals surface area contributed by atoms with Crippen molar-refractivity contribution in [1.29, 1.82) is 0 Å². The molecular weight excluding hydrogens is 480 g/mol. The molecule has 0 spiro atoms. The van der Waals surface area contributed by atoms with Gasteiger partial charge in [-0.25, -0.2) is 25.3 Å². The molecule has 0 N–H and O–H groups in total. The van der Waals surface area contributed by atoms with E-state index in [0.717, 1.165) is 0 Å². The zero-order valence-electron chi connectivity index (χ0n) is 10.7. The highest BCUT2D eigenvalue weighted by atomic mass is 32.3. The van der Waals surface area contributed by atoms with E-state index in [-0.39, 0.29) is 0 Å². The van der Waals surface area contributed by atoms with Crippen LogP contribution in [0.3, 0.4) is 0 Å². The summed E-state index contributed by atoms with van der Waals surface area (Å²) in [4.78, 5) is 0. The summed E-state index contributed by atoms with van der Waals surface area (Å²) < 4.78 is 207. The number of hydrogen-bond donors (Lipinski definition) is 0. The molecule has 21 heteroatoms. The van der Waals surface area contributed by atoms with E-state index in [1.807, 2.05) is 0 Å². The molecule has 0 saturated carbocycles. The smallest absolute Gasteiger partial charge is 0.216 e. The molecule has 0 aliphatic heterocycles. The van der Waals surface area contributed by atoms with Gasteiger partial charge in [0.15, 0.2) is 0 Å². The zero-order valence-corrected chi connectivity index (χ0v) is 13.2. The molecule has 0 amide bonds. The molecule has 0 radical (unpaired) electrons. The summed E-state index contributed by atoms with van der Waals surface area (Å²) in [6.45, 7) is 0. The van der Waals surface area contributed by atoms with E-state index in [0.29, 0.717) is 0 Å². The molecule has 0 rings (SSSR count). The second kappa shape index (κ2) is 5.75. The van der Waals surface area contributed by atoms with Crippen LogP contribution in [-0.2, 0) is 29.5 Å². The van der Waals surface area contributed by atoms with Crippen LogP contribution in [0.4, 0.5) is 52.7 Å². The summed E-state index contributed by atoms with van der Waals surface area (Å²) in [6, 6.07) is 0. The van der Waals surface area contributed by atoms with Crippen molar-refractivity contribution in [2.45, 2.75) is 26.1 Å². The molecule has 0 atom stereocenters. The topological polar surface area (TPSA) is 102 Å². The van der Waals surface area contributed by atoms with Crippen LogP contribution in [0.2, 0.25) is 0 Å². The van der Waals surface area contributed by atoms with Crippen LogP contribution >= 0.6 is 0 Å². The number of sulfone groups is 3. The molecule has 0 aromatic carbocycles. The fraction of sp³-hybridized carbons (Fsp3) is 1.00. The minimum atomic E-state index is -9.28. The minimum absolute atomic E-state index is 7.82. The largest absolute Gasteiger partial charge is 0.500 e. The Morgan fingerprint density at radius 2 is 0.538 bits per heavy atom. The number of hydrogen-bond acceptors (Lipinski definition) is 6. The summed E-state index contributed by atoms with van der Waals surface area (Å²) >= 11 is 0. The minimum Gasteiger partial charge on any atom is -0.216 e. The summed E-state index contributed by atoms with van der Waals surface area (Å²) in [5.74, 6) is 0. The summed E-state index contributed by atoms with van der Waals surface area (Å²) in [5.41, 5.74) is -23.5. The Morgan fingerprint density at radius 3 is 0.615 bits per heavy atom. The van der Waals surface area contributed by atoms with Crippen LogP contribution in [0, 0.1) is 0 Å². The van der Waals surface area contributed by atoms with E-state index in [9.17, 15) is 77.9 Å². The van der Waals surface area contributed by atoms with Crippen LogP contribution in [0.1, 0.15) is 0 Å². The highest BCUT2D eigenvalue weighted by Crippen LogP contribution is 2.57. The third kappa shape index (κ3) is 2.90. The summed E-state index contributed by atoms with van der Waals surface area (Å²) in [6.07, 6.45) is -8.29. The van der Waals surface area contributed by atoms with Gasteiger partial charge in [-0.15, -0.1) is 0 Å². The third-order valence-corrected chi connectivity index (χ3v) is 10.9. The molecule has 0 bridgehead atoms. The van der Waals surface area contributed by atoms with Gasteiger partial charge < -0.3 is 0 Å². The van der Waals surface area contributed by atoms with Crippen molar-refractivity contribution in [2.24, 2.45) is 0 Å². The third-order valence-electron chi connectivity index (χ3n) is 2.32. The van der Waals surface area contributed by atoms with Gasteiger partial charge in [0.25, 0.3) is 29.5 Å². The van der Waals surface area contributed by atoms with Gasteiger partial charge in [0.2, 0.25) is 0 Å². The molecule has 0 fully saturated rings. The van der Waals surface area contributed by atoms with Crippen LogP contribution in [0.25, 0.3) is 0 Å². The van der Waals surface area contributed by atoms with E-state index in [1.54, 1.807) is 0 Å². The molecule has 0 aromatic heterocycles. The van der Waals surface area contributed by atoms with E-state index in [4.69, 9.17) is 0 Å². The maximum absolute atomic E-state index is 12.8. The lowest BCUT2D eigenvalue weighted by Crippen LogP contribution is -2.70. The Hall–Kier alpha value is -0.990. The Morgan fingerprint density at radius 1 is 0.385 bits per heavy atom. The molecule has 158 valence electrons. The number of halogens is 12. The van der Waals surface area contributed by atoms with Crippen molar-refractivity contribution in [3.8, 4) is 0 Å². The maximum atomic E-state index is 12.8.